The summed E-state index contributed by atoms with van der Waals surface area (Å²) < 4.78 is 5.57. The smallest absolute Gasteiger partial charge is 0.220 e. The topological polar surface area (TPSA) is 38.3 Å². The van der Waals surface area contributed by atoms with Crippen LogP contribution in [-0.2, 0) is 17.8 Å². The van der Waals surface area contributed by atoms with E-state index in [0.717, 1.165) is 30.8 Å². The van der Waals surface area contributed by atoms with Gasteiger partial charge in [0.1, 0.15) is 5.75 Å². The quantitative estimate of drug-likeness (QED) is 0.888. The van der Waals surface area contributed by atoms with Crippen LogP contribution in [0, 0.1) is 5.92 Å². The summed E-state index contributed by atoms with van der Waals surface area (Å²) in [4.78, 5) is 11.6. The molecule has 1 aromatic carbocycles. The average Bonchev–Trinajstić information content (AvgIpc) is 2.35. The fourth-order valence-corrected chi connectivity index (χ4v) is 2.17. The van der Waals surface area contributed by atoms with Crippen molar-refractivity contribution in [2.24, 2.45) is 5.92 Å². The third-order valence-corrected chi connectivity index (χ3v) is 3.06. The van der Waals surface area contributed by atoms with Gasteiger partial charge in [0.25, 0.3) is 0 Å². The molecule has 3 nitrogen and oxygen atoms in total. The monoisotopic (exact) mass is 247 g/mol. The van der Waals surface area contributed by atoms with Crippen LogP contribution in [0.5, 0.6) is 5.75 Å². The first-order valence-corrected chi connectivity index (χ1v) is 6.66. The molecule has 0 unspecified atom stereocenters. The Bertz CT molecular complexity index is 427. The zero-order valence-electron chi connectivity index (χ0n) is 11.2. The molecule has 18 heavy (non-hydrogen) atoms. The Morgan fingerprint density at radius 3 is 3.06 bits per heavy atom. The summed E-state index contributed by atoms with van der Waals surface area (Å²) >= 11 is 0. The molecular weight excluding hydrogens is 226 g/mol. The summed E-state index contributed by atoms with van der Waals surface area (Å²) in [6.07, 6.45) is 2.74. The van der Waals surface area contributed by atoms with E-state index in [2.05, 4.69) is 25.2 Å². The van der Waals surface area contributed by atoms with Crippen LogP contribution >= 0.6 is 0 Å². The lowest BCUT2D eigenvalue weighted by Crippen LogP contribution is -2.24. The second-order valence-electron chi connectivity index (χ2n) is 5.27. The van der Waals surface area contributed by atoms with Gasteiger partial charge in [0.05, 0.1) is 6.61 Å². The Hall–Kier alpha value is -1.51. The van der Waals surface area contributed by atoms with Gasteiger partial charge in [0, 0.05) is 13.0 Å². The number of carbonyl (C=O) groups excluding carboxylic acids is 1. The van der Waals surface area contributed by atoms with Gasteiger partial charge in [-0.15, -0.1) is 0 Å². The fourth-order valence-electron chi connectivity index (χ4n) is 2.17. The largest absolute Gasteiger partial charge is 0.493 e. The summed E-state index contributed by atoms with van der Waals surface area (Å²) in [5, 5.41) is 2.96. The van der Waals surface area contributed by atoms with E-state index in [1.54, 1.807) is 0 Å². The van der Waals surface area contributed by atoms with Crippen molar-refractivity contribution in [3.05, 3.63) is 29.3 Å². The SMILES string of the molecule is CC(C)CC(=O)NCc1ccc2c(c1)CCCO2. The van der Waals surface area contributed by atoms with Crippen LogP contribution in [0.1, 0.15) is 37.8 Å². The standard InChI is InChI=1S/C15H21NO2/c1-11(2)8-15(17)16-10-12-5-6-14-13(9-12)4-3-7-18-14/h5-6,9,11H,3-4,7-8,10H2,1-2H3,(H,16,17). The molecule has 0 fully saturated rings. The molecule has 3 heteroatoms. The Morgan fingerprint density at radius 1 is 1.44 bits per heavy atom. The molecule has 0 spiro atoms. The van der Waals surface area contributed by atoms with Crippen LogP contribution < -0.4 is 10.1 Å². The lowest BCUT2D eigenvalue weighted by atomic mass is 10.0. The predicted molar refractivity (Wildman–Crippen MR) is 71.6 cm³/mol. The molecule has 0 aromatic heterocycles. The maximum Gasteiger partial charge on any atom is 0.220 e. The van der Waals surface area contributed by atoms with Gasteiger partial charge in [-0.2, -0.15) is 0 Å². The van der Waals surface area contributed by atoms with E-state index in [4.69, 9.17) is 4.74 Å². The molecule has 1 amide bonds. The van der Waals surface area contributed by atoms with E-state index in [-0.39, 0.29) is 5.91 Å². The number of benzene rings is 1. The van der Waals surface area contributed by atoms with Crippen LogP contribution in [0.4, 0.5) is 0 Å². The predicted octanol–water partition coefficient (Wildman–Crippen LogP) is 2.67. The van der Waals surface area contributed by atoms with Crippen LogP contribution in [-0.4, -0.2) is 12.5 Å². The van der Waals surface area contributed by atoms with Crippen molar-refractivity contribution in [3.63, 3.8) is 0 Å². The van der Waals surface area contributed by atoms with Crippen molar-refractivity contribution < 1.29 is 9.53 Å². The number of rotatable bonds is 4. The molecule has 1 N–H and O–H groups in total. The number of nitrogens with one attached hydrogen (secondary N) is 1. The molecule has 1 aliphatic heterocycles. The van der Waals surface area contributed by atoms with Crippen LogP contribution in [0.25, 0.3) is 0 Å². The number of aryl methyl sites for hydroxylation is 1. The van der Waals surface area contributed by atoms with Gasteiger partial charge in [0.2, 0.25) is 5.91 Å². The molecule has 0 atom stereocenters. The normalized spacial score (nSPS) is 13.9. The number of amides is 1. The highest BCUT2D eigenvalue weighted by Gasteiger charge is 2.11. The maximum absolute atomic E-state index is 11.6. The average molecular weight is 247 g/mol. The number of fused-ring (bicyclic) bond motifs is 1. The van der Waals surface area contributed by atoms with Crippen molar-refractivity contribution in [1.82, 2.24) is 5.32 Å². The van der Waals surface area contributed by atoms with Gasteiger partial charge in [-0.25, -0.2) is 0 Å². The van der Waals surface area contributed by atoms with E-state index < -0.39 is 0 Å². The highest BCUT2D eigenvalue weighted by atomic mass is 16.5. The fraction of sp³-hybridized carbons (Fsp3) is 0.533. The van der Waals surface area contributed by atoms with Crippen LogP contribution in [0.3, 0.4) is 0 Å². The molecule has 0 saturated heterocycles. The van der Waals surface area contributed by atoms with Crippen LogP contribution in [0.2, 0.25) is 0 Å². The molecule has 1 aromatic rings. The lowest BCUT2D eigenvalue weighted by molar-refractivity contribution is -0.121. The Balaban J connectivity index is 1.92. The zero-order chi connectivity index (χ0) is 13.0. The van der Waals surface area contributed by atoms with Gasteiger partial charge in [-0.3, -0.25) is 4.79 Å². The molecule has 0 saturated carbocycles. The minimum Gasteiger partial charge on any atom is -0.493 e. The first kappa shape index (κ1) is 12.9. The third-order valence-electron chi connectivity index (χ3n) is 3.06. The maximum atomic E-state index is 11.6. The first-order valence-electron chi connectivity index (χ1n) is 6.66. The van der Waals surface area contributed by atoms with E-state index in [9.17, 15) is 4.79 Å². The number of carbonyl (C=O) groups is 1. The van der Waals surface area contributed by atoms with Gasteiger partial charge in [0.15, 0.2) is 0 Å². The lowest BCUT2D eigenvalue weighted by Gasteiger charge is -2.18. The molecule has 1 aliphatic rings. The van der Waals surface area contributed by atoms with Crippen LogP contribution in [0.15, 0.2) is 18.2 Å². The minimum atomic E-state index is 0.124. The van der Waals surface area contributed by atoms with Gasteiger partial charge in [-0.05, 0) is 36.0 Å². The summed E-state index contributed by atoms with van der Waals surface area (Å²) in [5.74, 6) is 1.53. The van der Waals surface area contributed by atoms with E-state index in [1.165, 1.54) is 5.56 Å². The number of ether oxygens (including phenoxy) is 1. The molecule has 2 rings (SSSR count). The van der Waals surface area contributed by atoms with Crippen molar-refractivity contribution in [3.8, 4) is 5.75 Å². The molecule has 0 aliphatic carbocycles. The molecular formula is C15H21NO2. The number of hydrogen-bond acceptors (Lipinski definition) is 2. The van der Waals surface area contributed by atoms with Crippen molar-refractivity contribution >= 4 is 5.91 Å². The molecule has 0 radical (unpaired) electrons. The Morgan fingerprint density at radius 2 is 2.28 bits per heavy atom. The second-order valence-corrected chi connectivity index (χ2v) is 5.27. The van der Waals surface area contributed by atoms with Gasteiger partial charge < -0.3 is 10.1 Å². The zero-order valence-corrected chi connectivity index (χ0v) is 11.2. The summed E-state index contributed by atoms with van der Waals surface area (Å²) in [5.41, 5.74) is 2.41. The highest BCUT2D eigenvalue weighted by molar-refractivity contribution is 5.76. The van der Waals surface area contributed by atoms with Gasteiger partial charge in [-0.1, -0.05) is 26.0 Å². The Kier molecular flexibility index (Phi) is 4.24. The third kappa shape index (κ3) is 3.49. The van der Waals surface area contributed by atoms with E-state index in [0.29, 0.717) is 18.9 Å². The molecule has 1 heterocycles. The highest BCUT2D eigenvalue weighted by Crippen LogP contribution is 2.25. The summed E-state index contributed by atoms with van der Waals surface area (Å²) in [6, 6.07) is 6.18. The molecule has 0 bridgehead atoms. The van der Waals surface area contributed by atoms with Crippen molar-refractivity contribution in [2.45, 2.75) is 39.7 Å². The second kappa shape index (κ2) is 5.89. The van der Waals surface area contributed by atoms with Crippen molar-refractivity contribution in [2.75, 3.05) is 6.61 Å². The molecule has 98 valence electrons. The Labute approximate surface area is 109 Å². The number of hydrogen-bond donors (Lipinski definition) is 1. The van der Waals surface area contributed by atoms with E-state index >= 15 is 0 Å². The van der Waals surface area contributed by atoms with Crippen molar-refractivity contribution in [1.29, 1.82) is 0 Å². The van der Waals surface area contributed by atoms with Gasteiger partial charge >= 0.3 is 0 Å². The van der Waals surface area contributed by atoms with E-state index in [1.807, 2.05) is 12.1 Å². The minimum absolute atomic E-state index is 0.124. The summed E-state index contributed by atoms with van der Waals surface area (Å²) in [7, 11) is 0. The first-order chi connectivity index (χ1) is 8.65. The summed E-state index contributed by atoms with van der Waals surface area (Å²) in [6.45, 7) is 5.53.